The molecule has 3 heterocycles. The first kappa shape index (κ1) is 20.7. The molecule has 1 saturated carbocycles. The number of hydrogen-bond donors (Lipinski definition) is 4. The van der Waals surface area contributed by atoms with Gasteiger partial charge in [-0.25, -0.2) is 24.6 Å². The molecule has 7 atom stereocenters. The number of likely N-dealkylation sites (tertiary alicyclic amines) is 1. The van der Waals surface area contributed by atoms with Crippen LogP contribution in [0.1, 0.15) is 39.0 Å². The van der Waals surface area contributed by atoms with E-state index in [0.29, 0.717) is 19.5 Å². The number of alkyl halides is 3. The van der Waals surface area contributed by atoms with E-state index in [9.17, 15) is 13.6 Å². The van der Waals surface area contributed by atoms with Gasteiger partial charge in [-0.05, 0) is 32.1 Å². The second-order valence-electron chi connectivity index (χ2n) is 8.65. The summed E-state index contributed by atoms with van der Waals surface area (Å²) in [5.74, 6) is -0.647. The third-order valence-corrected chi connectivity index (χ3v) is 7.66. The fourth-order valence-electron chi connectivity index (χ4n) is 5.57. The number of hydrogen-bond acceptors (Lipinski definition) is 6. The van der Waals surface area contributed by atoms with E-state index in [1.807, 2.05) is 0 Å². The molecule has 4 N–H and O–H groups in total. The molecular formula is C18H31ClF2N6O. The first-order chi connectivity index (χ1) is 13.5. The Bertz CT molecular complexity index is 572. The zero-order valence-electron chi connectivity index (χ0n) is 16.2. The van der Waals surface area contributed by atoms with Gasteiger partial charge in [0.2, 0.25) is 6.43 Å². The number of carbonyl (C=O) groups excluding carboxylic acids is 1. The molecule has 0 spiro atoms. The highest BCUT2D eigenvalue weighted by Crippen LogP contribution is 2.36. The minimum atomic E-state index is -2.23. The zero-order valence-corrected chi connectivity index (χ0v) is 17.0. The Morgan fingerprint density at radius 2 is 2.00 bits per heavy atom. The predicted molar refractivity (Wildman–Crippen MR) is 102 cm³/mol. The molecule has 4 fully saturated rings. The van der Waals surface area contributed by atoms with Gasteiger partial charge in [0, 0.05) is 43.7 Å². The van der Waals surface area contributed by atoms with Crippen LogP contribution in [-0.4, -0.2) is 71.4 Å². The van der Waals surface area contributed by atoms with Crippen LogP contribution in [0.5, 0.6) is 0 Å². The highest BCUT2D eigenvalue weighted by atomic mass is 35.5. The Balaban J connectivity index is 1.39. The molecule has 0 aromatic rings. The Hall–Kier alpha value is -0.580. The van der Waals surface area contributed by atoms with Gasteiger partial charge in [0.1, 0.15) is 5.38 Å². The quantitative estimate of drug-likeness (QED) is 0.505. The van der Waals surface area contributed by atoms with Gasteiger partial charge in [-0.3, -0.25) is 15.1 Å². The van der Waals surface area contributed by atoms with E-state index in [4.69, 9.17) is 11.6 Å². The molecule has 4 aliphatic rings. The van der Waals surface area contributed by atoms with Gasteiger partial charge in [0.25, 0.3) is 5.91 Å². The predicted octanol–water partition coefficient (Wildman–Crippen LogP) is 0.825. The molecule has 4 rings (SSSR count). The van der Waals surface area contributed by atoms with Crippen molar-refractivity contribution in [3.63, 3.8) is 0 Å². The van der Waals surface area contributed by atoms with E-state index in [0.717, 1.165) is 32.2 Å². The van der Waals surface area contributed by atoms with Crippen molar-refractivity contribution < 1.29 is 13.6 Å². The zero-order chi connectivity index (χ0) is 19.8. The maximum Gasteiger partial charge on any atom is 0.253 e. The third-order valence-electron chi connectivity index (χ3n) is 7.18. The fraction of sp³-hybridized carbons (Fsp3) is 0.944. The van der Waals surface area contributed by atoms with Crippen molar-refractivity contribution in [1.29, 1.82) is 0 Å². The van der Waals surface area contributed by atoms with Crippen molar-refractivity contribution in [2.75, 3.05) is 19.6 Å². The number of amides is 1. The van der Waals surface area contributed by atoms with Gasteiger partial charge < -0.3 is 0 Å². The molecule has 0 radical (unpaired) electrons. The molecule has 0 aromatic heterocycles. The molecule has 7 nitrogen and oxygen atoms in total. The summed E-state index contributed by atoms with van der Waals surface area (Å²) < 4.78 is 26.9. The van der Waals surface area contributed by atoms with Crippen molar-refractivity contribution in [1.82, 2.24) is 31.7 Å². The summed E-state index contributed by atoms with van der Waals surface area (Å²) in [5.41, 5.74) is 12.1. The summed E-state index contributed by atoms with van der Waals surface area (Å²) in [6.07, 6.45) is 2.14. The van der Waals surface area contributed by atoms with Crippen LogP contribution in [-0.2, 0) is 4.79 Å². The average Bonchev–Trinajstić information content (AvgIpc) is 3.09. The standard InChI is InChI=1S/C18H31ClF2N6O/c1-10-16-13(6-7-26(10)14-8-22-24-18(28)15(14)19)27(25-23-16)9-11-4-2-3-5-12(11)17(20)21/h10-17,22-23,25H,2-9H2,1H3,(H,24,28)/t10-,11?,12?,13?,14?,15?,16?/m1/s1. The van der Waals surface area contributed by atoms with Gasteiger partial charge in [-0.15, -0.1) is 11.6 Å². The van der Waals surface area contributed by atoms with Crippen LogP contribution in [0, 0.1) is 11.8 Å². The molecule has 28 heavy (non-hydrogen) atoms. The monoisotopic (exact) mass is 420 g/mol. The minimum absolute atomic E-state index is 0.0357. The number of halogens is 3. The molecular weight excluding hydrogens is 390 g/mol. The molecule has 160 valence electrons. The Kier molecular flexibility index (Phi) is 6.39. The lowest BCUT2D eigenvalue weighted by atomic mass is 9.79. The summed E-state index contributed by atoms with van der Waals surface area (Å²) in [5, 5.41) is 1.56. The normalized spacial score (nSPS) is 43.2. The van der Waals surface area contributed by atoms with E-state index in [1.54, 1.807) is 0 Å². The lowest BCUT2D eigenvalue weighted by Crippen LogP contribution is -2.68. The smallest absolute Gasteiger partial charge is 0.253 e. The van der Waals surface area contributed by atoms with E-state index in [-0.39, 0.29) is 36.0 Å². The van der Waals surface area contributed by atoms with Gasteiger partial charge in [-0.1, -0.05) is 12.8 Å². The molecule has 10 heteroatoms. The number of hydrazine groups is 3. The van der Waals surface area contributed by atoms with E-state index in [1.165, 1.54) is 0 Å². The average molecular weight is 421 g/mol. The molecule has 3 aliphatic heterocycles. The molecule has 3 saturated heterocycles. The summed E-state index contributed by atoms with van der Waals surface area (Å²) in [7, 11) is 0. The number of rotatable bonds is 4. The van der Waals surface area contributed by atoms with Crippen LogP contribution < -0.4 is 21.8 Å². The van der Waals surface area contributed by atoms with Crippen molar-refractivity contribution in [2.45, 2.75) is 75.0 Å². The lowest BCUT2D eigenvalue weighted by Gasteiger charge is -2.47. The Morgan fingerprint density at radius 1 is 1.21 bits per heavy atom. The van der Waals surface area contributed by atoms with E-state index in [2.05, 4.69) is 38.6 Å². The first-order valence-corrected chi connectivity index (χ1v) is 10.9. The van der Waals surface area contributed by atoms with Gasteiger partial charge in [0.15, 0.2) is 0 Å². The molecule has 6 unspecified atom stereocenters. The van der Waals surface area contributed by atoms with Gasteiger partial charge in [-0.2, -0.15) is 5.53 Å². The van der Waals surface area contributed by atoms with Crippen LogP contribution >= 0.6 is 11.6 Å². The number of carbonyl (C=O) groups is 1. The van der Waals surface area contributed by atoms with Crippen molar-refractivity contribution in [2.24, 2.45) is 11.8 Å². The molecule has 0 bridgehead atoms. The highest BCUT2D eigenvalue weighted by Gasteiger charge is 2.48. The summed E-state index contributed by atoms with van der Waals surface area (Å²) in [4.78, 5) is 14.2. The Labute approximate surface area is 169 Å². The Morgan fingerprint density at radius 3 is 2.79 bits per heavy atom. The lowest BCUT2D eigenvalue weighted by molar-refractivity contribution is -0.125. The molecule has 0 aromatic carbocycles. The van der Waals surface area contributed by atoms with Crippen molar-refractivity contribution in [3.05, 3.63) is 0 Å². The SMILES string of the molecule is C[C@@H]1C2NNN(CC3CCCCC3C(F)F)C2CCN1C1CNNC(=O)C1Cl. The van der Waals surface area contributed by atoms with Crippen molar-refractivity contribution >= 4 is 17.5 Å². The summed E-state index contributed by atoms with van der Waals surface area (Å²) in [6, 6.07) is 0.526. The van der Waals surface area contributed by atoms with Crippen LogP contribution in [0.4, 0.5) is 8.78 Å². The second-order valence-corrected chi connectivity index (χ2v) is 9.12. The number of nitrogens with one attached hydrogen (secondary N) is 4. The van der Waals surface area contributed by atoms with Crippen LogP contribution in [0.2, 0.25) is 0 Å². The summed E-state index contributed by atoms with van der Waals surface area (Å²) >= 11 is 6.37. The molecule has 1 amide bonds. The minimum Gasteiger partial charge on any atom is -0.293 e. The highest BCUT2D eigenvalue weighted by molar-refractivity contribution is 6.31. The van der Waals surface area contributed by atoms with E-state index >= 15 is 0 Å². The number of fused-ring (bicyclic) bond motifs is 1. The summed E-state index contributed by atoms with van der Waals surface area (Å²) in [6.45, 7) is 4.24. The topological polar surface area (TPSA) is 71.7 Å². The number of nitrogens with zero attached hydrogens (tertiary/aromatic N) is 2. The first-order valence-electron chi connectivity index (χ1n) is 10.5. The van der Waals surface area contributed by atoms with Crippen LogP contribution in [0.25, 0.3) is 0 Å². The maximum atomic E-state index is 13.5. The van der Waals surface area contributed by atoms with Gasteiger partial charge in [0.05, 0.1) is 6.04 Å². The maximum absolute atomic E-state index is 13.5. The van der Waals surface area contributed by atoms with Crippen LogP contribution in [0.3, 0.4) is 0 Å². The fourth-order valence-corrected chi connectivity index (χ4v) is 5.86. The van der Waals surface area contributed by atoms with Crippen LogP contribution in [0.15, 0.2) is 0 Å². The third kappa shape index (κ3) is 3.89. The molecule has 1 aliphatic carbocycles. The second kappa shape index (κ2) is 8.65. The van der Waals surface area contributed by atoms with Gasteiger partial charge >= 0.3 is 0 Å². The van der Waals surface area contributed by atoms with E-state index < -0.39 is 17.7 Å². The number of piperidine rings is 1. The van der Waals surface area contributed by atoms with Crippen molar-refractivity contribution in [3.8, 4) is 0 Å². The largest absolute Gasteiger partial charge is 0.293 e.